The average Bonchev–Trinajstić information content (AvgIpc) is 3.16. The van der Waals surface area contributed by atoms with Crippen molar-refractivity contribution in [1.82, 2.24) is 4.57 Å². The third-order valence-electron chi connectivity index (χ3n) is 7.91. The molecule has 0 saturated carbocycles. The van der Waals surface area contributed by atoms with Crippen molar-refractivity contribution in [3.63, 3.8) is 0 Å². The van der Waals surface area contributed by atoms with Gasteiger partial charge in [-0.2, -0.15) is 0 Å². The third kappa shape index (κ3) is 4.58. The fourth-order valence-electron chi connectivity index (χ4n) is 5.85. The van der Waals surface area contributed by atoms with Crippen molar-refractivity contribution in [2.75, 3.05) is 0 Å². The van der Waals surface area contributed by atoms with Crippen molar-refractivity contribution >= 4 is 17.0 Å². The predicted octanol–water partition coefficient (Wildman–Crippen LogP) is 10.1. The first-order chi connectivity index (χ1) is 17.3. The van der Waals surface area contributed by atoms with Gasteiger partial charge in [0, 0.05) is 16.8 Å². The molecule has 0 atom stereocenters. The molecule has 1 heterocycles. The van der Waals surface area contributed by atoms with E-state index in [4.69, 9.17) is 0 Å². The van der Waals surface area contributed by atoms with Gasteiger partial charge in [0.1, 0.15) is 0 Å². The second-order valence-electron chi connectivity index (χ2n) is 13.9. The first-order valence-corrected chi connectivity index (χ1v) is 13.9. The van der Waals surface area contributed by atoms with E-state index in [0.29, 0.717) is 0 Å². The van der Waals surface area contributed by atoms with Crippen LogP contribution in [-0.4, -0.2) is 4.57 Å². The Morgan fingerprint density at radius 1 is 0.676 bits per heavy atom. The molecule has 0 N–H and O–H groups in total. The van der Waals surface area contributed by atoms with Gasteiger partial charge >= 0.3 is 0 Å². The van der Waals surface area contributed by atoms with E-state index in [-0.39, 0.29) is 16.2 Å². The van der Waals surface area contributed by atoms with Crippen molar-refractivity contribution < 1.29 is 0 Å². The number of nitrogens with zero attached hydrogens (tertiary/aromatic N) is 1. The minimum Gasteiger partial charge on any atom is -0.309 e. The van der Waals surface area contributed by atoms with Crippen molar-refractivity contribution in [2.24, 2.45) is 0 Å². The van der Waals surface area contributed by atoms with Gasteiger partial charge in [0.25, 0.3) is 0 Å². The Hall–Kier alpha value is -3.06. The zero-order valence-electron chi connectivity index (χ0n) is 24.3. The maximum atomic E-state index is 2.51. The minimum absolute atomic E-state index is 0.0663. The SMILES string of the molecule is CC(C)(C)c1ccc(C(C)(C)C)c(-c2ccc(-n3c4c(c5cccc(C(C)(C)C)c53)CCC=C4)cc2)c1. The van der Waals surface area contributed by atoms with Gasteiger partial charge in [-0.15, -0.1) is 0 Å². The van der Waals surface area contributed by atoms with E-state index in [1.54, 1.807) is 0 Å². The van der Waals surface area contributed by atoms with Crippen LogP contribution in [0.2, 0.25) is 0 Å². The normalized spacial score (nSPS) is 14.3. The monoisotopic (exact) mass is 489 g/mol. The summed E-state index contributed by atoms with van der Waals surface area (Å²) in [5.74, 6) is 0. The highest BCUT2D eigenvalue weighted by atomic mass is 15.0. The molecule has 0 saturated heterocycles. The number of aromatic nitrogens is 1. The van der Waals surface area contributed by atoms with Crippen LogP contribution >= 0.6 is 0 Å². The Bertz CT molecular complexity index is 1490. The van der Waals surface area contributed by atoms with E-state index in [0.717, 1.165) is 12.8 Å². The number of hydrogen-bond acceptors (Lipinski definition) is 0. The maximum absolute atomic E-state index is 2.51. The Morgan fingerprint density at radius 3 is 1.97 bits per heavy atom. The van der Waals surface area contributed by atoms with Crippen LogP contribution in [0.4, 0.5) is 0 Å². The molecule has 1 nitrogen and oxygen atoms in total. The summed E-state index contributed by atoms with van der Waals surface area (Å²) >= 11 is 0. The summed E-state index contributed by atoms with van der Waals surface area (Å²) < 4.78 is 2.51. The number of fused-ring (bicyclic) bond motifs is 3. The van der Waals surface area contributed by atoms with E-state index < -0.39 is 0 Å². The van der Waals surface area contributed by atoms with Crippen LogP contribution in [0.3, 0.4) is 0 Å². The molecule has 3 aromatic carbocycles. The number of benzene rings is 3. The number of allylic oxidation sites excluding steroid dienone is 1. The first-order valence-electron chi connectivity index (χ1n) is 13.9. The Balaban J connectivity index is 1.71. The molecule has 0 unspecified atom stereocenters. The average molecular weight is 490 g/mol. The molecule has 0 amide bonds. The van der Waals surface area contributed by atoms with Crippen molar-refractivity contribution in [1.29, 1.82) is 0 Å². The van der Waals surface area contributed by atoms with Gasteiger partial charge in [-0.25, -0.2) is 0 Å². The van der Waals surface area contributed by atoms with Crippen LogP contribution in [-0.2, 0) is 22.7 Å². The summed E-state index contributed by atoms with van der Waals surface area (Å²) in [5.41, 5.74) is 12.5. The summed E-state index contributed by atoms with van der Waals surface area (Å²) in [4.78, 5) is 0. The number of hydrogen-bond donors (Lipinski definition) is 0. The molecule has 0 bridgehead atoms. The summed E-state index contributed by atoms with van der Waals surface area (Å²) in [6.07, 6.45) is 6.89. The standard InChI is InChI=1S/C36H43N/c1-34(2,3)25-19-22-30(35(4,5)6)29(23-25)24-17-20-26(21-18-24)37-32-16-11-10-13-27(32)28-14-12-15-31(33(28)37)36(7,8)9/h11-12,14-23H,10,13H2,1-9H3. The lowest BCUT2D eigenvalue weighted by atomic mass is 9.78. The predicted molar refractivity (Wildman–Crippen MR) is 162 cm³/mol. The van der Waals surface area contributed by atoms with E-state index in [1.165, 1.54) is 55.7 Å². The smallest absolute Gasteiger partial charge is 0.0574 e. The second-order valence-corrected chi connectivity index (χ2v) is 13.9. The molecule has 37 heavy (non-hydrogen) atoms. The zero-order chi connectivity index (χ0) is 26.8. The van der Waals surface area contributed by atoms with Gasteiger partial charge in [0.05, 0.1) is 5.52 Å². The van der Waals surface area contributed by atoms with Gasteiger partial charge in [-0.05, 0) is 80.7 Å². The fraction of sp³-hybridized carbons (Fsp3) is 0.389. The zero-order valence-corrected chi connectivity index (χ0v) is 24.3. The summed E-state index contributed by atoms with van der Waals surface area (Å²) in [6.45, 7) is 20.8. The molecule has 0 spiro atoms. The highest BCUT2D eigenvalue weighted by Gasteiger charge is 2.26. The van der Waals surface area contributed by atoms with Gasteiger partial charge in [-0.1, -0.05) is 117 Å². The molecule has 1 aliphatic rings. The fourth-order valence-corrected chi connectivity index (χ4v) is 5.85. The molecule has 1 aliphatic carbocycles. The van der Waals surface area contributed by atoms with Gasteiger partial charge < -0.3 is 4.57 Å². The quantitative estimate of drug-likeness (QED) is 0.264. The van der Waals surface area contributed by atoms with Crippen LogP contribution in [0.15, 0.2) is 66.7 Å². The van der Waals surface area contributed by atoms with E-state index >= 15 is 0 Å². The number of aryl methyl sites for hydroxylation is 1. The van der Waals surface area contributed by atoms with Crippen molar-refractivity contribution in [2.45, 2.75) is 91.4 Å². The van der Waals surface area contributed by atoms with Gasteiger partial charge in [-0.3, -0.25) is 0 Å². The highest BCUT2D eigenvalue weighted by molar-refractivity contribution is 5.93. The lowest BCUT2D eigenvalue weighted by molar-refractivity contribution is 0.578. The summed E-state index contributed by atoms with van der Waals surface area (Å²) in [7, 11) is 0. The van der Waals surface area contributed by atoms with Crippen molar-refractivity contribution in [3.05, 3.63) is 94.7 Å². The molecular weight excluding hydrogens is 446 g/mol. The molecule has 5 rings (SSSR count). The topological polar surface area (TPSA) is 4.93 Å². The van der Waals surface area contributed by atoms with Crippen LogP contribution in [0.1, 0.15) is 96.7 Å². The minimum atomic E-state index is 0.0663. The van der Waals surface area contributed by atoms with E-state index in [1.807, 2.05) is 0 Å². The molecular formula is C36H43N. The summed E-state index contributed by atoms with van der Waals surface area (Å²) in [5, 5.41) is 1.41. The molecule has 0 aliphatic heterocycles. The molecule has 1 heteroatoms. The second kappa shape index (κ2) is 8.76. The lowest BCUT2D eigenvalue weighted by Gasteiger charge is -2.27. The number of para-hydroxylation sites is 1. The summed E-state index contributed by atoms with van der Waals surface area (Å²) in [6, 6.07) is 23.3. The molecule has 192 valence electrons. The highest BCUT2D eigenvalue weighted by Crippen LogP contribution is 2.41. The van der Waals surface area contributed by atoms with E-state index in [9.17, 15) is 0 Å². The van der Waals surface area contributed by atoms with Crippen LogP contribution < -0.4 is 0 Å². The van der Waals surface area contributed by atoms with Gasteiger partial charge in [0.2, 0.25) is 0 Å². The maximum Gasteiger partial charge on any atom is 0.0574 e. The lowest BCUT2D eigenvalue weighted by Crippen LogP contribution is -2.16. The Morgan fingerprint density at radius 2 is 1.35 bits per heavy atom. The van der Waals surface area contributed by atoms with Crippen LogP contribution in [0.25, 0.3) is 33.8 Å². The molecule has 1 aromatic heterocycles. The van der Waals surface area contributed by atoms with Crippen LogP contribution in [0, 0.1) is 0 Å². The largest absolute Gasteiger partial charge is 0.309 e. The van der Waals surface area contributed by atoms with Crippen LogP contribution in [0.5, 0.6) is 0 Å². The van der Waals surface area contributed by atoms with Gasteiger partial charge in [0.15, 0.2) is 0 Å². The Kier molecular flexibility index (Phi) is 6.06. The Labute approximate surface area is 224 Å². The van der Waals surface area contributed by atoms with Crippen molar-refractivity contribution in [3.8, 4) is 16.8 Å². The molecule has 0 fully saturated rings. The molecule has 0 radical (unpaired) electrons. The third-order valence-corrected chi connectivity index (χ3v) is 7.91. The molecule has 4 aromatic rings. The first kappa shape index (κ1) is 25.6. The van der Waals surface area contributed by atoms with E-state index in [2.05, 4.69) is 140 Å². The number of rotatable bonds is 2.